The van der Waals surface area contributed by atoms with Crippen molar-refractivity contribution >= 4 is 12.0 Å². The first-order chi connectivity index (χ1) is 9.60. The average Bonchev–Trinajstić information content (AvgIpc) is 2.94. The number of carboxylic acids is 1. The molecule has 2 aliphatic heterocycles. The van der Waals surface area contributed by atoms with E-state index in [-0.39, 0.29) is 18.7 Å². The van der Waals surface area contributed by atoms with Crippen LogP contribution < -0.4 is 0 Å². The summed E-state index contributed by atoms with van der Waals surface area (Å²) in [6.45, 7) is 5.00. The lowest BCUT2D eigenvalue weighted by Crippen LogP contribution is -2.47. The molecular formula is C14H24N2O4. The molecule has 0 radical (unpaired) electrons. The van der Waals surface area contributed by atoms with Gasteiger partial charge in [0.05, 0.1) is 6.10 Å². The molecule has 0 saturated carbocycles. The van der Waals surface area contributed by atoms with Crippen molar-refractivity contribution < 1.29 is 19.4 Å². The Bertz CT molecular complexity index is 353. The summed E-state index contributed by atoms with van der Waals surface area (Å²) < 4.78 is 5.28. The first-order valence-electron chi connectivity index (χ1n) is 7.47. The molecule has 6 nitrogen and oxygen atoms in total. The summed E-state index contributed by atoms with van der Waals surface area (Å²) >= 11 is 0. The number of piperidine rings is 1. The second kappa shape index (κ2) is 6.92. The number of likely N-dealkylation sites (tertiary alicyclic amines) is 2. The van der Waals surface area contributed by atoms with Gasteiger partial charge in [0, 0.05) is 26.2 Å². The van der Waals surface area contributed by atoms with Crippen LogP contribution >= 0.6 is 0 Å². The number of rotatable bonds is 4. The topological polar surface area (TPSA) is 70.1 Å². The lowest BCUT2D eigenvalue weighted by molar-refractivity contribution is -0.145. The monoisotopic (exact) mass is 284 g/mol. The summed E-state index contributed by atoms with van der Waals surface area (Å²) in [5, 5.41) is 8.58. The third kappa shape index (κ3) is 3.85. The van der Waals surface area contributed by atoms with Crippen LogP contribution in [0.1, 0.15) is 32.6 Å². The lowest BCUT2D eigenvalue weighted by Gasteiger charge is -2.34. The highest BCUT2D eigenvalue weighted by molar-refractivity contribution is 5.74. The zero-order valence-electron chi connectivity index (χ0n) is 12.1. The van der Waals surface area contributed by atoms with Crippen molar-refractivity contribution in [3.8, 4) is 0 Å². The molecule has 20 heavy (non-hydrogen) atoms. The molecular weight excluding hydrogens is 260 g/mol. The summed E-state index contributed by atoms with van der Waals surface area (Å²) in [4.78, 5) is 26.6. The fourth-order valence-corrected chi connectivity index (χ4v) is 2.94. The summed E-state index contributed by atoms with van der Waals surface area (Å²) in [5.41, 5.74) is 0. The largest absolute Gasteiger partial charge is 0.480 e. The minimum Gasteiger partial charge on any atom is -0.480 e. The third-order valence-electron chi connectivity index (χ3n) is 4.29. The Kier molecular flexibility index (Phi) is 5.23. The Morgan fingerprint density at radius 2 is 1.80 bits per heavy atom. The molecule has 1 atom stereocenters. The summed E-state index contributed by atoms with van der Waals surface area (Å²) in [6, 6.07) is 0.137. The van der Waals surface area contributed by atoms with Crippen LogP contribution in [0.3, 0.4) is 0 Å². The van der Waals surface area contributed by atoms with Crippen LogP contribution in [0.15, 0.2) is 0 Å². The number of amides is 2. The third-order valence-corrected chi connectivity index (χ3v) is 4.29. The van der Waals surface area contributed by atoms with Crippen LogP contribution in [-0.2, 0) is 9.53 Å². The number of aliphatic carboxylic acids is 1. The number of carbonyl (C=O) groups is 2. The van der Waals surface area contributed by atoms with Gasteiger partial charge in [-0.15, -0.1) is 0 Å². The molecule has 0 aromatic heterocycles. The number of carboxylic acid groups (broad SMARTS) is 1. The van der Waals surface area contributed by atoms with Crippen LogP contribution in [0.4, 0.5) is 4.79 Å². The van der Waals surface area contributed by atoms with Crippen LogP contribution in [0, 0.1) is 5.92 Å². The standard InChI is InChI=1S/C14H24N2O4/c1-2-11-3-6-16(9-11)14(19)15-7-4-12(5-8-15)20-10-13(17)18/h11-12H,2-10H2,1H3,(H,17,18). The molecule has 0 spiro atoms. The van der Waals surface area contributed by atoms with E-state index < -0.39 is 5.97 Å². The molecule has 2 saturated heterocycles. The Morgan fingerprint density at radius 3 is 2.35 bits per heavy atom. The number of hydrogen-bond acceptors (Lipinski definition) is 3. The fraction of sp³-hybridized carbons (Fsp3) is 0.857. The van der Waals surface area contributed by atoms with Crippen LogP contribution in [-0.4, -0.2) is 65.8 Å². The predicted molar refractivity (Wildman–Crippen MR) is 73.5 cm³/mol. The van der Waals surface area contributed by atoms with E-state index >= 15 is 0 Å². The molecule has 2 rings (SSSR count). The first-order valence-corrected chi connectivity index (χ1v) is 7.47. The summed E-state index contributed by atoms with van der Waals surface area (Å²) in [6.07, 6.45) is 3.67. The smallest absolute Gasteiger partial charge is 0.329 e. The fourth-order valence-electron chi connectivity index (χ4n) is 2.94. The quantitative estimate of drug-likeness (QED) is 0.847. The van der Waals surface area contributed by atoms with E-state index in [1.54, 1.807) is 0 Å². The van der Waals surface area contributed by atoms with Crippen molar-refractivity contribution in [3.63, 3.8) is 0 Å². The summed E-state index contributed by atoms with van der Waals surface area (Å²) in [5.74, 6) is -0.290. The van der Waals surface area contributed by atoms with Crippen molar-refractivity contribution in [1.29, 1.82) is 0 Å². The molecule has 2 heterocycles. The molecule has 1 unspecified atom stereocenters. The maximum absolute atomic E-state index is 12.4. The van der Waals surface area contributed by atoms with Gasteiger partial charge >= 0.3 is 12.0 Å². The van der Waals surface area contributed by atoms with Gasteiger partial charge in [-0.2, -0.15) is 0 Å². The molecule has 2 fully saturated rings. The number of hydrogen-bond donors (Lipinski definition) is 1. The maximum Gasteiger partial charge on any atom is 0.329 e. The molecule has 1 N–H and O–H groups in total. The molecule has 2 aliphatic rings. The minimum absolute atomic E-state index is 0.0304. The maximum atomic E-state index is 12.4. The molecule has 0 aromatic rings. The van der Waals surface area contributed by atoms with Gasteiger partial charge in [-0.25, -0.2) is 9.59 Å². The van der Waals surface area contributed by atoms with Crippen molar-refractivity contribution in [2.45, 2.75) is 38.7 Å². The van der Waals surface area contributed by atoms with Gasteiger partial charge in [0.2, 0.25) is 0 Å². The highest BCUT2D eigenvalue weighted by Crippen LogP contribution is 2.22. The second-order valence-corrected chi connectivity index (χ2v) is 5.68. The Hall–Kier alpha value is -1.30. The highest BCUT2D eigenvalue weighted by Gasteiger charge is 2.30. The van der Waals surface area contributed by atoms with E-state index in [0.29, 0.717) is 19.0 Å². The van der Waals surface area contributed by atoms with Crippen LogP contribution in [0.5, 0.6) is 0 Å². The molecule has 0 aliphatic carbocycles. The zero-order chi connectivity index (χ0) is 14.5. The zero-order valence-corrected chi connectivity index (χ0v) is 12.1. The van der Waals surface area contributed by atoms with E-state index in [0.717, 1.165) is 38.8 Å². The van der Waals surface area contributed by atoms with E-state index in [9.17, 15) is 9.59 Å². The van der Waals surface area contributed by atoms with E-state index in [1.807, 2.05) is 9.80 Å². The molecule has 0 aromatic carbocycles. The normalized spacial score (nSPS) is 24.1. The molecule has 2 amide bonds. The van der Waals surface area contributed by atoms with Crippen molar-refractivity contribution in [2.24, 2.45) is 5.92 Å². The Balaban J connectivity index is 1.73. The highest BCUT2D eigenvalue weighted by atomic mass is 16.5. The van der Waals surface area contributed by atoms with Crippen molar-refractivity contribution in [3.05, 3.63) is 0 Å². The SMILES string of the molecule is CCC1CCN(C(=O)N2CCC(OCC(=O)O)CC2)C1. The van der Waals surface area contributed by atoms with Gasteiger partial charge in [0.15, 0.2) is 0 Å². The van der Waals surface area contributed by atoms with Gasteiger partial charge in [-0.05, 0) is 25.2 Å². The first kappa shape index (κ1) is 15.1. The van der Waals surface area contributed by atoms with E-state index in [4.69, 9.17) is 9.84 Å². The van der Waals surface area contributed by atoms with E-state index in [2.05, 4.69) is 6.92 Å². The van der Waals surface area contributed by atoms with Gasteiger partial charge in [-0.3, -0.25) is 0 Å². The molecule has 114 valence electrons. The van der Waals surface area contributed by atoms with Gasteiger partial charge < -0.3 is 19.6 Å². The lowest BCUT2D eigenvalue weighted by atomic mass is 10.1. The number of urea groups is 1. The average molecular weight is 284 g/mol. The van der Waals surface area contributed by atoms with Gasteiger partial charge in [0.25, 0.3) is 0 Å². The van der Waals surface area contributed by atoms with Crippen LogP contribution in [0.25, 0.3) is 0 Å². The van der Waals surface area contributed by atoms with Crippen molar-refractivity contribution in [1.82, 2.24) is 9.80 Å². The second-order valence-electron chi connectivity index (χ2n) is 5.68. The number of ether oxygens (including phenoxy) is 1. The van der Waals surface area contributed by atoms with Crippen LogP contribution in [0.2, 0.25) is 0 Å². The Labute approximate surface area is 119 Å². The minimum atomic E-state index is -0.939. The van der Waals surface area contributed by atoms with Crippen molar-refractivity contribution in [2.75, 3.05) is 32.8 Å². The number of nitrogens with zero attached hydrogens (tertiary/aromatic N) is 2. The Morgan fingerprint density at radius 1 is 1.15 bits per heavy atom. The predicted octanol–water partition coefficient (Wildman–Crippen LogP) is 1.40. The van der Waals surface area contributed by atoms with E-state index in [1.165, 1.54) is 0 Å². The molecule has 0 bridgehead atoms. The number of carbonyl (C=O) groups excluding carboxylic acids is 1. The van der Waals surface area contributed by atoms with Gasteiger partial charge in [-0.1, -0.05) is 13.3 Å². The molecule has 6 heteroatoms. The summed E-state index contributed by atoms with van der Waals surface area (Å²) in [7, 11) is 0. The van der Waals surface area contributed by atoms with Gasteiger partial charge in [0.1, 0.15) is 6.61 Å².